The third-order valence-electron chi connectivity index (χ3n) is 9.19. The molecule has 0 aliphatic rings. The molecular formula is C36H78Al3BO3. The number of hydrogen-bond donors (Lipinski definition) is 0. The van der Waals surface area contributed by atoms with Crippen molar-refractivity contribution in [2.75, 3.05) is 0 Å². The lowest BCUT2D eigenvalue weighted by Gasteiger charge is -2.27. The maximum atomic E-state index is 7.15. The van der Waals surface area contributed by atoms with E-state index in [1.54, 1.807) is 0 Å². The fourth-order valence-corrected chi connectivity index (χ4v) is 14.1. The number of hydrogen-bond acceptors (Lipinski definition) is 3. The standard InChI is InChI=1S/6C6H13.3Al.BO3/c6*1-3-5-6-4-2;;;;2-1(3)4/h6*1,3-6H2,2H3;;;;/q;;;;;;3*+1;-3. The van der Waals surface area contributed by atoms with Gasteiger partial charge in [0.2, 0.25) is 0 Å². The third kappa shape index (κ3) is 30.6. The summed E-state index contributed by atoms with van der Waals surface area (Å²) in [6.45, 7) is 13.9. The molecule has 0 saturated carbocycles. The summed E-state index contributed by atoms with van der Waals surface area (Å²) >= 11 is -4.06. The smallest absolute Gasteiger partial charge is 0.521 e. The van der Waals surface area contributed by atoms with E-state index < -0.39 is 43.4 Å². The van der Waals surface area contributed by atoms with Gasteiger partial charge < -0.3 is 11.1 Å². The SMILES string of the molecule is CCCCC[CH2][Al]([CH2]CCCCC)[O]B([O][Al]([CH2]CCCCC)[CH2]CCCCC)[O][Al]([CH2]CCCCC)[CH2]CCCCC. The predicted octanol–water partition coefficient (Wildman–Crippen LogP) is 13.5. The van der Waals surface area contributed by atoms with Crippen LogP contribution < -0.4 is 0 Å². The molecule has 3 nitrogen and oxygen atoms in total. The minimum atomic E-state index is -1.35. The highest BCUT2D eigenvalue weighted by Gasteiger charge is 2.36. The zero-order valence-corrected chi connectivity index (χ0v) is 34.2. The molecule has 0 saturated heterocycles. The highest BCUT2D eigenvalue weighted by Crippen LogP contribution is 2.22. The Bertz CT molecular complexity index is 425. The van der Waals surface area contributed by atoms with Gasteiger partial charge in [0.15, 0.2) is 0 Å². The minimum Gasteiger partial charge on any atom is -0.521 e. The topological polar surface area (TPSA) is 27.7 Å². The average molecular weight is 651 g/mol. The summed E-state index contributed by atoms with van der Waals surface area (Å²) in [5.41, 5.74) is 0. The Morgan fingerprint density at radius 3 is 0.628 bits per heavy atom. The molecule has 0 spiro atoms. The van der Waals surface area contributed by atoms with Gasteiger partial charge >= 0.3 is 50.8 Å². The largest absolute Gasteiger partial charge is 0.547 e. The molecule has 0 heterocycles. The third-order valence-corrected chi connectivity index (χ3v) is 17.3. The van der Waals surface area contributed by atoms with Crippen LogP contribution in [-0.4, -0.2) is 50.8 Å². The van der Waals surface area contributed by atoms with Gasteiger partial charge in [-0.3, -0.25) is 0 Å². The molecule has 0 N–H and O–H groups in total. The van der Waals surface area contributed by atoms with E-state index in [4.69, 9.17) is 11.1 Å². The lowest BCUT2D eigenvalue weighted by atomic mass is 10.2. The van der Waals surface area contributed by atoms with Gasteiger partial charge in [0, 0.05) is 0 Å². The molecule has 0 aliphatic heterocycles. The molecule has 43 heavy (non-hydrogen) atoms. The second-order valence-electron chi connectivity index (χ2n) is 13.7. The van der Waals surface area contributed by atoms with E-state index in [0.29, 0.717) is 0 Å². The van der Waals surface area contributed by atoms with E-state index in [-0.39, 0.29) is 7.32 Å². The first-order valence-corrected chi connectivity index (χ1v) is 26.4. The van der Waals surface area contributed by atoms with Crippen LogP contribution in [0.15, 0.2) is 0 Å². The van der Waals surface area contributed by atoms with Crippen LogP contribution in [0.25, 0.3) is 0 Å². The Morgan fingerprint density at radius 2 is 0.465 bits per heavy atom. The van der Waals surface area contributed by atoms with Crippen molar-refractivity contribution in [1.29, 1.82) is 0 Å². The van der Waals surface area contributed by atoms with E-state index in [1.165, 1.54) is 186 Å². The molecule has 0 radical (unpaired) electrons. The molecule has 0 unspecified atom stereocenters. The lowest BCUT2D eigenvalue weighted by molar-refractivity contribution is 0.304. The first kappa shape index (κ1) is 44.5. The molecule has 252 valence electrons. The predicted molar refractivity (Wildman–Crippen MR) is 200 cm³/mol. The highest BCUT2D eigenvalue weighted by molar-refractivity contribution is 6.71. The minimum absolute atomic E-state index is 0.322. The van der Waals surface area contributed by atoms with Crippen molar-refractivity contribution in [2.45, 2.75) is 227 Å². The van der Waals surface area contributed by atoms with Crippen molar-refractivity contribution >= 4 is 50.8 Å². The Kier molecular flexibility index (Phi) is 37.7. The van der Waals surface area contributed by atoms with Gasteiger partial charge in [0.05, 0.1) is 0 Å². The summed E-state index contributed by atoms with van der Waals surface area (Å²) in [7, 11) is -0.322. The Balaban J connectivity index is 5.72. The molecule has 0 amide bonds. The molecule has 0 aliphatic carbocycles. The van der Waals surface area contributed by atoms with Gasteiger partial charge in [-0.1, -0.05) is 227 Å². The maximum absolute atomic E-state index is 7.15. The van der Waals surface area contributed by atoms with E-state index in [9.17, 15) is 0 Å². The van der Waals surface area contributed by atoms with Crippen molar-refractivity contribution in [2.24, 2.45) is 0 Å². The quantitative estimate of drug-likeness (QED) is 0.0499. The average Bonchev–Trinajstić information content (AvgIpc) is 3.01. The van der Waals surface area contributed by atoms with Crippen LogP contribution in [0.2, 0.25) is 31.7 Å². The zero-order chi connectivity index (χ0) is 31.6. The lowest BCUT2D eigenvalue weighted by Crippen LogP contribution is -2.43. The van der Waals surface area contributed by atoms with Gasteiger partial charge in [0.25, 0.3) is 0 Å². The molecule has 0 bridgehead atoms. The second-order valence-corrected chi connectivity index (χ2v) is 21.7. The molecule has 0 aromatic carbocycles. The van der Waals surface area contributed by atoms with Crippen molar-refractivity contribution < 1.29 is 11.1 Å². The van der Waals surface area contributed by atoms with Crippen LogP contribution in [0.1, 0.15) is 196 Å². The fourth-order valence-electron chi connectivity index (χ4n) is 6.20. The van der Waals surface area contributed by atoms with Crippen molar-refractivity contribution in [3.05, 3.63) is 0 Å². The van der Waals surface area contributed by atoms with E-state index >= 15 is 0 Å². The van der Waals surface area contributed by atoms with Gasteiger partial charge in [-0.05, 0) is 0 Å². The summed E-state index contributed by atoms with van der Waals surface area (Å²) in [5, 5.41) is 7.88. The maximum Gasteiger partial charge on any atom is 0.547 e. The van der Waals surface area contributed by atoms with Crippen LogP contribution in [0, 0.1) is 0 Å². The normalized spacial score (nSPS) is 11.3. The molecule has 0 fully saturated rings. The van der Waals surface area contributed by atoms with Crippen LogP contribution in [0.3, 0.4) is 0 Å². The van der Waals surface area contributed by atoms with Crippen molar-refractivity contribution in [3.8, 4) is 0 Å². The Labute approximate surface area is 287 Å². The molecule has 7 heteroatoms. The van der Waals surface area contributed by atoms with Gasteiger partial charge in [-0.2, -0.15) is 0 Å². The fraction of sp³-hybridized carbons (Fsp3) is 1.00. The summed E-state index contributed by atoms with van der Waals surface area (Å²) in [5.74, 6) is 0. The van der Waals surface area contributed by atoms with E-state index in [0.717, 1.165) is 0 Å². The van der Waals surface area contributed by atoms with Crippen molar-refractivity contribution in [1.82, 2.24) is 0 Å². The molecule has 0 aromatic heterocycles. The van der Waals surface area contributed by atoms with E-state index in [2.05, 4.69) is 41.5 Å². The first-order valence-electron chi connectivity index (χ1n) is 20.1. The second kappa shape index (κ2) is 36.4. The van der Waals surface area contributed by atoms with Crippen LogP contribution >= 0.6 is 0 Å². The zero-order valence-electron chi connectivity index (χ0n) is 30.7. The molecule has 0 aromatic rings. The number of unbranched alkanes of at least 4 members (excludes halogenated alkanes) is 18. The monoisotopic (exact) mass is 651 g/mol. The molecular weight excluding hydrogens is 572 g/mol. The van der Waals surface area contributed by atoms with Gasteiger partial charge in [0.1, 0.15) is 0 Å². The Morgan fingerprint density at radius 1 is 0.279 bits per heavy atom. The Hall–Kier alpha value is 1.54. The van der Waals surface area contributed by atoms with E-state index in [1.807, 2.05) is 0 Å². The van der Waals surface area contributed by atoms with Gasteiger partial charge in [-0.15, -0.1) is 0 Å². The number of rotatable bonds is 36. The summed E-state index contributed by atoms with van der Waals surface area (Å²) in [6, 6.07) is 0. The molecule has 0 atom stereocenters. The van der Waals surface area contributed by atoms with Crippen LogP contribution in [0.4, 0.5) is 0 Å². The summed E-state index contributed by atoms with van der Waals surface area (Å²) in [4.78, 5) is 0. The molecule has 0 rings (SSSR count). The summed E-state index contributed by atoms with van der Waals surface area (Å²) in [6.07, 6.45) is 32.3. The first-order chi connectivity index (χ1) is 21.1. The van der Waals surface area contributed by atoms with Gasteiger partial charge in [-0.25, -0.2) is 0 Å². The van der Waals surface area contributed by atoms with Crippen LogP contribution in [-0.2, 0) is 11.1 Å². The summed E-state index contributed by atoms with van der Waals surface area (Å²) < 4.78 is 21.4. The van der Waals surface area contributed by atoms with Crippen LogP contribution in [0.5, 0.6) is 0 Å². The highest BCUT2D eigenvalue weighted by atomic mass is 27.2. The van der Waals surface area contributed by atoms with Crippen molar-refractivity contribution in [3.63, 3.8) is 0 Å².